The van der Waals surface area contributed by atoms with Crippen molar-refractivity contribution in [2.45, 2.75) is 39.5 Å². The van der Waals surface area contributed by atoms with E-state index in [9.17, 15) is 0 Å². The molecular weight excluding hydrogens is 322 g/mol. The van der Waals surface area contributed by atoms with E-state index in [4.69, 9.17) is 0 Å². The van der Waals surface area contributed by atoms with Crippen LogP contribution in [0, 0.1) is 0 Å². The Bertz CT molecular complexity index is 833. The Morgan fingerprint density at radius 1 is 0.769 bits per heavy atom. The zero-order chi connectivity index (χ0) is 18.5. The topological polar surface area (TPSA) is 62.7 Å². The number of anilines is 4. The largest absolute Gasteiger partial charge is 0.339 e. The number of benzene rings is 2. The molecule has 0 aliphatic heterocycles. The third-order valence-electron chi connectivity index (χ3n) is 4.21. The van der Waals surface area contributed by atoms with Gasteiger partial charge in [-0.3, -0.25) is 0 Å². The Labute approximate surface area is 154 Å². The molecule has 134 valence electrons. The summed E-state index contributed by atoms with van der Waals surface area (Å²) in [6.45, 7) is 8.77. The molecule has 0 saturated carbocycles. The zero-order valence-corrected chi connectivity index (χ0v) is 15.7. The summed E-state index contributed by atoms with van der Waals surface area (Å²) in [4.78, 5) is 4.57. The van der Waals surface area contributed by atoms with Gasteiger partial charge in [-0.1, -0.05) is 64.1 Å². The molecule has 0 amide bonds. The molecule has 0 spiro atoms. The van der Waals surface area contributed by atoms with Crippen LogP contribution in [-0.2, 0) is 0 Å². The van der Waals surface area contributed by atoms with E-state index in [-0.39, 0.29) is 0 Å². The molecule has 0 unspecified atom stereocenters. The van der Waals surface area contributed by atoms with Crippen molar-refractivity contribution in [2.75, 3.05) is 10.6 Å². The molecule has 3 rings (SSSR count). The summed E-state index contributed by atoms with van der Waals surface area (Å²) >= 11 is 0. The maximum absolute atomic E-state index is 4.57. The van der Waals surface area contributed by atoms with Gasteiger partial charge in [0.25, 0.3) is 0 Å². The molecule has 1 aromatic heterocycles. The SMILES string of the molecule is CC(C)c1cccc(C(C)C)c1Nc1nncc(Nc2ccccc2)n1. The fourth-order valence-electron chi connectivity index (χ4n) is 2.89. The molecule has 0 radical (unpaired) electrons. The highest BCUT2D eigenvalue weighted by Crippen LogP contribution is 2.33. The van der Waals surface area contributed by atoms with Crippen molar-refractivity contribution in [3.05, 3.63) is 65.9 Å². The molecule has 0 aliphatic rings. The van der Waals surface area contributed by atoms with Crippen LogP contribution in [0.4, 0.5) is 23.1 Å². The van der Waals surface area contributed by atoms with Gasteiger partial charge in [0.05, 0.1) is 6.20 Å². The predicted molar refractivity (Wildman–Crippen MR) is 107 cm³/mol. The first kappa shape index (κ1) is 17.9. The van der Waals surface area contributed by atoms with Gasteiger partial charge >= 0.3 is 0 Å². The molecule has 0 saturated heterocycles. The van der Waals surface area contributed by atoms with Crippen LogP contribution >= 0.6 is 0 Å². The first-order valence-electron chi connectivity index (χ1n) is 8.96. The molecule has 2 N–H and O–H groups in total. The summed E-state index contributed by atoms with van der Waals surface area (Å²) in [6.07, 6.45) is 1.62. The maximum Gasteiger partial charge on any atom is 0.249 e. The highest BCUT2D eigenvalue weighted by atomic mass is 15.3. The van der Waals surface area contributed by atoms with E-state index >= 15 is 0 Å². The lowest BCUT2D eigenvalue weighted by Gasteiger charge is -2.20. The van der Waals surface area contributed by atoms with E-state index in [1.807, 2.05) is 30.3 Å². The summed E-state index contributed by atoms with van der Waals surface area (Å²) in [7, 11) is 0. The number of para-hydroxylation sites is 2. The van der Waals surface area contributed by atoms with Gasteiger partial charge in [0, 0.05) is 11.4 Å². The lowest BCUT2D eigenvalue weighted by atomic mass is 9.93. The summed E-state index contributed by atoms with van der Waals surface area (Å²) in [5.74, 6) is 1.94. The van der Waals surface area contributed by atoms with Gasteiger partial charge in [0.2, 0.25) is 5.95 Å². The number of hydrogen-bond donors (Lipinski definition) is 2. The number of rotatable bonds is 6. The first-order valence-corrected chi connectivity index (χ1v) is 8.96. The molecule has 3 aromatic rings. The summed E-state index contributed by atoms with van der Waals surface area (Å²) in [5, 5.41) is 14.9. The molecule has 0 fully saturated rings. The van der Waals surface area contributed by atoms with Crippen LogP contribution in [0.5, 0.6) is 0 Å². The van der Waals surface area contributed by atoms with E-state index in [0.29, 0.717) is 23.6 Å². The molecule has 5 nitrogen and oxygen atoms in total. The van der Waals surface area contributed by atoms with Gasteiger partial charge in [-0.25, -0.2) is 0 Å². The standard InChI is InChI=1S/C21H25N5/c1-14(2)17-11-8-12-18(15(3)4)20(17)25-21-24-19(13-22-26-21)23-16-9-6-5-7-10-16/h5-15H,1-4H3,(H2,23,24,25,26). The second-order valence-corrected chi connectivity index (χ2v) is 6.90. The minimum Gasteiger partial charge on any atom is -0.339 e. The maximum atomic E-state index is 4.57. The molecule has 5 heteroatoms. The molecule has 2 aromatic carbocycles. The van der Waals surface area contributed by atoms with Gasteiger partial charge in [-0.15, -0.1) is 5.10 Å². The van der Waals surface area contributed by atoms with Crippen molar-refractivity contribution in [3.8, 4) is 0 Å². The Morgan fingerprint density at radius 2 is 1.42 bits per heavy atom. The summed E-state index contributed by atoms with van der Waals surface area (Å²) in [5.41, 5.74) is 4.54. The van der Waals surface area contributed by atoms with Crippen LogP contribution in [-0.4, -0.2) is 15.2 Å². The smallest absolute Gasteiger partial charge is 0.249 e. The third-order valence-corrected chi connectivity index (χ3v) is 4.21. The minimum atomic E-state index is 0.398. The van der Waals surface area contributed by atoms with Crippen LogP contribution in [0.2, 0.25) is 0 Å². The van der Waals surface area contributed by atoms with E-state index < -0.39 is 0 Å². The number of nitrogens with one attached hydrogen (secondary N) is 2. The first-order chi connectivity index (χ1) is 12.5. The van der Waals surface area contributed by atoms with Crippen LogP contribution in [0.25, 0.3) is 0 Å². The molecular formula is C21H25N5. The average molecular weight is 347 g/mol. The van der Waals surface area contributed by atoms with Crippen molar-refractivity contribution in [3.63, 3.8) is 0 Å². The highest BCUT2D eigenvalue weighted by Gasteiger charge is 2.15. The monoisotopic (exact) mass is 347 g/mol. The van der Waals surface area contributed by atoms with Gasteiger partial charge in [0.15, 0.2) is 5.82 Å². The number of nitrogens with zero attached hydrogens (tertiary/aromatic N) is 3. The second kappa shape index (κ2) is 7.95. The fourth-order valence-corrected chi connectivity index (χ4v) is 2.89. The summed E-state index contributed by atoms with van der Waals surface area (Å²) < 4.78 is 0. The third kappa shape index (κ3) is 4.17. The number of aromatic nitrogens is 3. The van der Waals surface area contributed by atoms with Crippen LogP contribution in [0.1, 0.15) is 50.7 Å². The Balaban J connectivity index is 1.91. The second-order valence-electron chi connectivity index (χ2n) is 6.90. The van der Waals surface area contributed by atoms with Gasteiger partial charge in [-0.05, 0) is 35.1 Å². The normalized spacial score (nSPS) is 11.0. The zero-order valence-electron chi connectivity index (χ0n) is 15.7. The van der Waals surface area contributed by atoms with Crippen molar-refractivity contribution in [2.24, 2.45) is 0 Å². The van der Waals surface area contributed by atoms with Crippen LogP contribution in [0.15, 0.2) is 54.7 Å². The van der Waals surface area contributed by atoms with Crippen molar-refractivity contribution in [1.82, 2.24) is 15.2 Å². The number of hydrogen-bond acceptors (Lipinski definition) is 5. The van der Waals surface area contributed by atoms with Gasteiger partial charge < -0.3 is 10.6 Å². The lowest BCUT2D eigenvalue weighted by Crippen LogP contribution is -2.07. The molecule has 0 aliphatic carbocycles. The van der Waals surface area contributed by atoms with Crippen molar-refractivity contribution < 1.29 is 0 Å². The molecule has 26 heavy (non-hydrogen) atoms. The fraction of sp³-hybridized carbons (Fsp3) is 0.286. The minimum absolute atomic E-state index is 0.398. The van der Waals surface area contributed by atoms with E-state index in [2.05, 4.69) is 71.7 Å². The molecule has 0 bridgehead atoms. The quantitative estimate of drug-likeness (QED) is 0.607. The average Bonchev–Trinajstić information content (AvgIpc) is 2.62. The molecule has 1 heterocycles. The highest BCUT2D eigenvalue weighted by molar-refractivity contribution is 5.66. The van der Waals surface area contributed by atoms with E-state index in [1.54, 1.807) is 6.20 Å². The lowest BCUT2D eigenvalue weighted by molar-refractivity contribution is 0.836. The Morgan fingerprint density at radius 3 is 2.04 bits per heavy atom. The predicted octanol–water partition coefficient (Wildman–Crippen LogP) is 5.61. The summed E-state index contributed by atoms with van der Waals surface area (Å²) in [6, 6.07) is 16.3. The van der Waals surface area contributed by atoms with E-state index in [1.165, 1.54) is 11.1 Å². The van der Waals surface area contributed by atoms with Crippen molar-refractivity contribution in [1.29, 1.82) is 0 Å². The van der Waals surface area contributed by atoms with Crippen LogP contribution in [0.3, 0.4) is 0 Å². The molecule has 0 atom stereocenters. The Hall–Kier alpha value is -2.95. The van der Waals surface area contributed by atoms with E-state index in [0.717, 1.165) is 11.4 Å². The van der Waals surface area contributed by atoms with Gasteiger partial charge in [-0.2, -0.15) is 10.1 Å². The van der Waals surface area contributed by atoms with Gasteiger partial charge in [0.1, 0.15) is 0 Å². The van der Waals surface area contributed by atoms with Crippen LogP contribution < -0.4 is 10.6 Å². The van der Waals surface area contributed by atoms with Crippen molar-refractivity contribution >= 4 is 23.1 Å². The Kier molecular flexibility index (Phi) is 5.46.